The van der Waals surface area contributed by atoms with Gasteiger partial charge in [-0.15, -0.1) is 0 Å². The summed E-state index contributed by atoms with van der Waals surface area (Å²) >= 11 is 0. The first-order chi connectivity index (χ1) is 10.4. The van der Waals surface area contributed by atoms with E-state index >= 15 is 0 Å². The Bertz CT molecular complexity index is 316. The lowest BCUT2D eigenvalue weighted by Crippen LogP contribution is -2.44. The van der Waals surface area contributed by atoms with Crippen LogP contribution in [0.3, 0.4) is 0 Å². The molecule has 0 aliphatic carbocycles. The number of carbonyl (C=O) groups excluding carboxylic acids is 1. The smallest absolute Gasteiger partial charge is 0.410 e. The largest absolute Gasteiger partial charge is 0.444 e. The van der Waals surface area contributed by atoms with Crippen molar-refractivity contribution in [1.82, 2.24) is 10.2 Å². The molecule has 130 valence electrons. The van der Waals surface area contributed by atoms with Crippen LogP contribution in [0.2, 0.25) is 0 Å². The zero-order valence-electron chi connectivity index (χ0n) is 14.8. The molecule has 1 N–H and O–H groups in total. The van der Waals surface area contributed by atoms with Gasteiger partial charge in [0.2, 0.25) is 0 Å². The molecule has 5 heteroatoms. The topological polar surface area (TPSA) is 50.8 Å². The molecular formula is C17H34N2O3. The van der Waals surface area contributed by atoms with E-state index in [0.717, 1.165) is 58.5 Å². The monoisotopic (exact) mass is 314 g/mol. The number of nitrogens with one attached hydrogen (secondary N) is 1. The fourth-order valence-electron chi connectivity index (χ4n) is 2.53. The van der Waals surface area contributed by atoms with Crippen molar-refractivity contribution in [3.8, 4) is 0 Å². The molecule has 1 atom stereocenters. The number of carbonyl (C=O) groups is 1. The van der Waals surface area contributed by atoms with Crippen molar-refractivity contribution in [2.24, 2.45) is 0 Å². The van der Waals surface area contributed by atoms with Crippen molar-refractivity contribution in [3.05, 3.63) is 0 Å². The Hall–Kier alpha value is -0.810. The summed E-state index contributed by atoms with van der Waals surface area (Å²) in [4.78, 5) is 14.0. The lowest BCUT2D eigenvalue weighted by molar-refractivity contribution is 0.0226. The van der Waals surface area contributed by atoms with E-state index in [1.807, 2.05) is 25.7 Å². The van der Waals surface area contributed by atoms with E-state index in [2.05, 4.69) is 12.2 Å². The quantitative estimate of drug-likeness (QED) is 0.664. The van der Waals surface area contributed by atoms with Crippen LogP contribution in [0.15, 0.2) is 0 Å². The lowest BCUT2D eigenvalue weighted by atomic mass is 10.2. The summed E-state index contributed by atoms with van der Waals surface area (Å²) in [6.45, 7) is 12.2. The van der Waals surface area contributed by atoms with Crippen molar-refractivity contribution in [3.63, 3.8) is 0 Å². The number of likely N-dealkylation sites (tertiary alicyclic amines) is 1. The van der Waals surface area contributed by atoms with Crippen LogP contribution in [0.1, 0.15) is 59.8 Å². The van der Waals surface area contributed by atoms with Gasteiger partial charge in [0.25, 0.3) is 0 Å². The SMILES string of the molecule is CCCCOCCCNCC1CCCN1C(=O)OC(C)(C)C. The number of hydrogen-bond acceptors (Lipinski definition) is 4. The van der Waals surface area contributed by atoms with Gasteiger partial charge in [-0.25, -0.2) is 4.79 Å². The highest BCUT2D eigenvalue weighted by atomic mass is 16.6. The lowest BCUT2D eigenvalue weighted by Gasteiger charge is -2.28. The number of ether oxygens (including phenoxy) is 2. The van der Waals surface area contributed by atoms with Gasteiger partial charge in [0.15, 0.2) is 0 Å². The predicted octanol–water partition coefficient (Wildman–Crippen LogP) is 3.18. The molecule has 5 nitrogen and oxygen atoms in total. The molecule has 0 aromatic rings. The maximum atomic E-state index is 12.2. The average molecular weight is 314 g/mol. The van der Waals surface area contributed by atoms with Crippen molar-refractivity contribution < 1.29 is 14.3 Å². The van der Waals surface area contributed by atoms with Crippen molar-refractivity contribution in [2.75, 3.05) is 32.8 Å². The van der Waals surface area contributed by atoms with E-state index in [-0.39, 0.29) is 12.1 Å². The van der Waals surface area contributed by atoms with Crippen LogP contribution < -0.4 is 5.32 Å². The first kappa shape index (κ1) is 19.2. The summed E-state index contributed by atoms with van der Waals surface area (Å²) in [7, 11) is 0. The standard InChI is InChI=1S/C17H34N2O3/c1-5-6-12-21-13-8-10-18-14-15-9-7-11-19(15)16(20)22-17(2,3)4/h15,18H,5-14H2,1-4H3. The Labute approximate surface area is 135 Å². The molecule has 1 amide bonds. The van der Waals surface area contributed by atoms with Crippen molar-refractivity contribution in [1.29, 1.82) is 0 Å². The first-order valence-electron chi connectivity index (χ1n) is 8.72. The van der Waals surface area contributed by atoms with Gasteiger partial charge in [0.1, 0.15) is 5.60 Å². The van der Waals surface area contributed by atoms with E-state index in [1.165, 1.54) is 6.42 Å². The number of unbranched alkanes of at least 4 members (excludes halogenated alkanes) is 1. The van der Waals surface area contributed by atoms with E-state index in [1.54, 1.807) is 0 Å². The Balaban J connectivity index is 2.15. The third-order valence-corrected chi connectivity index (χ3v) is 3.67. The predicted molar refractivity (Wildman–Crippen MR) is 89.2 cm³/mol. The van der Waals surface area contributed by atoms with Gasteiger partial charge in [0, 0.05) is 32.3 Å². The average Bonchev–Trinajstić information content (AvgIpc) is 2.88. The molecule has 1 saturated heterocycles. The van der Waals surface area contributed by atoms with E-state index in [0.29, 0.717) is 0 Å². The molecule has 1 aliphatic rings. The molecule has 1 unspecified atom stereocenters. The fraction of sp³-hybridized carbons (Fsp3) is 0.941. The first-order valence-corrected chi connectivity index (χ1v) is 8.72. The van der Waals surface area contributed by atoms with Gasteiger partial charge in [-0.1, -0.05) is 13.3 Å². The number of rotatable bonds is 9. The van der Waals surface area contributed by atoms with E-state index in [9.17, 15) is 4.79 Å². The molecule has 0 aromatic carbocycles. The number of hydrogen-bond donors (Lipinski definition) is 1. The van der Waals surface area contributed by atoms with Crippen molar-refractivity contribution in [2.45, 2.75) is 71.4 Å². The fourth-order valence-corrected chi connectivity index (χ4v) is 2.53. The maximum Gasteiger partial charge on any atom is 0.410 e. The summed E-state index contributed by atoms with van der Waals surface area (Å²) in [6, 6.07) is 0.260. The summed E-state index contributed by atoms with van der Waals surface area (Å²) in [5.41, 5.74) is -0.423. The van der Waals surface area contributed by atoms with Gasteiger partial charge in [-0.05, 0) is 53.0 Å². The molecule has 1 rings (SSSR count). The highest BCUT2D eigenvalue weighted by Gasteiger charge is 2.31. The highest BCUT2D eigenvalue weighted by Crippen LogP contribution is 2.20. The summed E-state index contributed by atoms with van der Waals surface area (Å²) in [5.74, 6) is 0. The minimum atomic E-state index is -0.423. The van der Waals surface area contributed by atoms with Gasteiger partial charge in [-0.2, -0.15) is 0 Å². The summed E-state index contributed by atoms with van der Waals surface area (Å²) in [5, 5.41) is 3.44. The van der Waals surface area contributed by atoms with Gasteiger partial charge < -0.3 is 19.7 Å². The molecule has 0 spiro atoms. The summed E-state index contributed by atoms with van der Waals surface area (Å²) in [6.07, 6.45) is 5.27. The zero-order chi connectivity index (χ0) is 16.4. The molecule has 0 radical (unpaired) electrons. The normalized spacial score (nSPS) is 18.7. The van der Waals surface area contributed by atoms with Crippen LogP contribution in [-0.2, 0) is 9.47 Å². The van der Waals surface area contributed by atoms with E-state index < -0.39 is 5.60 Å². The minimum Gasteiger partial charge on any atom is -0.444 e. The molecule has 1 heterocycles. The molecule has 0 bridgehead atoms. The molecule has 22 heavy (non-hydrogen) atoms. The highest BCUT2D eigenvalue weighted by molar-refractivity contribution is 5.69. The van der Waals surface area contributed by atoms with Crippen LogP contribution in [0, 0.1) is 0 Å². The Morgan fingerprint density at radius 3 is 2.68 bits per heavy atom. The van der Waals surface area contributed by atoms with Gasteiger partial charge in [-0.3, -0.25) is 0 Å². The Morgan fingerprint density at radius 2 is 2.00 bits per heavy atom. The van der Waals surface area contributed by atoms with Gasteiger partial charge in [0.05, 0.1) is 0 Å². The minimum absolute atomic E-state index is 0.181. The van der Waals surface area contributed by atoms with Crippen LogP contribution >= 0.6 is 0 Å². The van der Waals surface area contributed by atoms with Crippen LogP contribution in [0.5, 0.6) is 0 Å². The maximum absolute atomic E-state index is 12.2. The van der Waals surface area contributed by atoms with Gasteiger partial charge >= 0.3 is 6.09 Å². The summed E-state index contributed by atoms with van der Waals surface area (Å²) < 4.78 is 11.0. The number of amides is 1. The van der Waals surface area contributed by atoms with E-state index in [4.69, 9.17) is 9.47 Å². The zero-order valence-corrected chi connectivity index (χ0v) is 14.8. The molecule has 1 fully saturated rings. The van der Waals surface area contributed by atoms with Crippen LogP contribution in [0.4, 0.5) is 4.79 Å². The molecule has 0 saturated carbocycles. The second-order valence-corrected chi connectivity index (χ2v) is 6.99. The third-order valence-electron chi connectivity index (χ3n) is 3.67. The Morgan fingerprint density at radius 1 is 1.27 bits per heavy atom. The number of nitrogens with zero attached hydrogens (tertiary/aromatic N) is 1. The molecule has 0 aromatic heterocycles. The second kappa shape index (κ2) is 10.1. The van der Waals surface area contributed by atoms with Crippen LogP contribution in [0.25, 0.3) is 0 Å². The third kappa shape index (κ3) is 7.99. The molecular weight excluding hydrogens is 280 g/mol. The van der Waals surface area contributed by atoms with Crippen LogP contribution in [-0.4, -0.2) is 55.5 Å². The molecule has 1 aliphatic heterocycles. The second-order valence-electron chi connectivity index (χ2n) is 6.99. The van der Waals surface area contributed by atoms with Crippen molar-refractivity contribution >= 4 is 6.09 Å². The Kier molecular flexibility index (Phi) is 8.79.